The quantitative estimate of drug-likeness (QED) is 0.387. The number of aromatic nitrogens is 3. The molecule has 1 amide bonds. The molecule has 9 nitrogen and oxygen atoms in total. The molecule has 2 aromatic carbocycles. The fourth-order valence-electron chi connectivity index (χ4n) is 4.27. The van der Waals surface area contributed by atoms with Crippen LogP contribution < -0.4 is 20.1 Å². The fraction of sp³-hybridized carbons (Fsp3) is 0.286. The van der Waals surface area contributed by atoms with Gasteiger partial charge in [0, 0.05) is 37.6 Å². The molecule has 1 aliphatic rings. The third-order valence-corrected chi connectivity index (χ3v) is 6.25. The van der Waals surface area contributed by atoms with Gasteiger partial charge in [-0.1, -0.05) is 6.07 Å². The number of carbonyl (C=O) groups excluding carboxylic acids is 1. The van der Waals surface area contributed by atoms with E-state index in [0.29, 0.717) is 35.8 Å². The van der Waals surface area contributed by atoms with Gasteiger partial charge >= 0.3 is 0 Å². The summed E-state index contributed by atoms with van der Waals surface area (Å²) < 4.78 is 12.2. The number of pyridine rings is 1. The molecule has 2 aromatic heterocycles. The number of nitrogens with one attached hydrogen (secondary N) is 2. The second-order valence-electron chi connectivity index (χ2n) is 9.05. The zero-order valence-electron chi connectivity index (χ0n) is 21.2. The molecule has 0 radical (unpaired) electrons. The topological polar surface area (TPSA) is 102 Å². The van der Waals surface area contributed by atoms with E-state index >= 15 is 0 Å². The summed E-state index contributed by atoms with van der Waals surface area (Å²) in [5, 5.41) is 7.37. The number of piperazine rings is 1. The average Bonchev–Trinajstić information content (AvgIpc) is 2.91. The minimum absolute atomic E-state index is 0.0279. The first-order valence-electron chi connectivity index (χ1n) is 12.4. The van der Waals surface area contributed by atoms with Crippen molar-refractivity contribution in [1.29, 1.82) is 0 Å². The molecule has 0 unspecified atom stereocenters. The van der Waals surface area contributed by atoms with E-state index in [1.807, 2.05) is 67.3 Å². The van der Waals surface area contributed by atoms with E-state index in [1.54, 1.807) is 13.1 Å². The SMILES string of the molecule is Cc1ccc(Oc2ccc(Nc3ncnc4cccc(O[C@H](C)C(=O)N5CCNCC5)c34)cc2C)cn1. The molecule has 9 heteroatoms. The number of aryl methyl sites for hydroxylation is 2. The van der Waals surface area contributed by atoms with Gasteiger partial charge in [0.25, 0.3) is 5.91 Å². The summed E-state index contributed by atoms with van der Waals surface area (Å²) in [6, 6.07) is 15.3. The first-order valence-corrected chi connectivity index (χ1v) is 12.4. The van der Waals surface area contributed by atoms with Crippen LogP contribution in [0.3, 0.4) is 0 Å². The Morgan fingerprint density at radius 1 is 1.03 bits per heavy atom. The summed E-state index contributed by atoms with van der Waals surface area (Å²) in [5.74, 6) is 2.55. The Balaban J connectivity index is 1.37. The van der Waals surface area contributed by atoms with Gasteiger partial charge in [-0.25, -0.2) is 9.97 Å². The highest BCUT2D eigenvalue weighted by atomic mass is 16.5. The molecule has 3 heterocycles. The number of fused-ring (bicyclic) bond motifs is 1. The molecule has 190 valence electrons. The van der Waals surface area contributed by atoms with E-state index in [4.69, 9.17) is 9.47 Å². The lowest BCUT2D eigenvalue weighted by atomic mass is 10.1. The third-order valence-electron chi connectivity index (χ3n) is 6.25. The van der Waals surface area contributed by atoms with Gasteiger partial charge in [0.15, 0.2) is 6.10 Å². The van der Waals surface area contributed by atoms with Gasteiger partial charge in [0.2, 0.25) is 0 Å². The lowest BCUT2D eigenvalue weighted by molar-refractivity contribution is -0.138. The van der Waals surface area contributed by atoms with Crippen LogP contribution in [0.25, 0.3) is 10.9 Å². The minimum Gasteiger partial charge on any atom is -0.480 e. The van der Waals surface area contributed by atoms with Crippen molar-refractivity contribution >= 4 is 28.3 Å². The highest BCUT2D eigenvalue weighted by molar-refractivity contribution is 5.96. The van der Waals surface area contributed by atoms with Crippen molar-refractivity contribution in [2.75, 3.05) is 31.5 Å². The van der Waals surface area contributed by atoms with E-state index in [9.17, 15) is 4.79 Å². The fourth-order valence-corrected chi connectivity index (χ4v) is 4.27. The molecule has 1 aliphatic heterocycles. The Labute approximate surface area is 215 Å². The maximum Gasteiger partial charge on any atom is 0.263 e. The summed E-state index contributed by atoms with van der Waals surface area (Å²) in [5.41, 5.74) is 3.45. The highest BCUT2D eigenvalue weighted by Gasteiger charge is 2.24. The van der Waals surface area contributed by atoms with Crippen molar-refractivity contribution in [3.63, 3.8) is 0 Å². The Morgan fingerprint density at radius 3 is 2.62 bits per heavy atom. The van der Waals surface area contributed by atoms with E-state index in [1.165, 1.54) is 6.33 Å². The Kier molecular flexibility index (Phi) is 7.14. The van der Waals surface area contributed by atoms with Gasteiger partial charge in [-0.05, 0) is 68.8 Å². The largest absolute Gasteiger partial charge is 0.480 e. The average molecular weight is 499 g/mol. The first kappa shape index (κ1) is 24.5. The molecule has 37 heavy (non-hydrogen) atoms. The summed E-state index contributed by atoms with van der Waals surface area (Å²) in [6.45, 7) is 8.65. The molecular weight excluding hydrogens is 468 g/mol. The van der Waals surface area contributed by atoms with Crippen LogP contribution in [0.2, 0.25) is 0 Å². The number of anilines is 2. The number of hydrogen-bond acceptors (Lipinski definition) is 8. The molecule has 1 fully saturated rings. The summed E-state index contributed by atoms with van der Waals surface area (Å²) >= 11 is 0. The Morgan fingerprint density at radius 2 is 1.86 bits per heavy atom. The van der Waals surface area contributed by atoms with Gasteiger partial charge in [0.1, 0.15) is 29.4 Å². The second kappa shape index (κ2) is 10.8. The number of ether oxygens (including phenoxy) is 2. The number of benzene rings is 2. The number of amides is 1. The molecule has 2 N–H and O–H groups in total. The lowest BCUT2D eigenvalue weighted by Crippen LogP contribution is -2.50. The molecule has 1 saturated heterocycles. The van der Waals surface area contributed by atoms with E-state index in [-0.39, 0.29) is 5.91 Å². The second-order valence-corrected chi connectivity index (χ2v) is 9.05. The van der Waals surface area contributed by atoms with Crippen molar-refractivity contribution in [3.05, 3.63) is 72.3 Å². The molecule has 1 atom stereocenters. The first-order chi connectivity index (χ1) is 18.0. The molecular formula is C28H30N6O3. The highest BCUT2D eigenvalue weighted by Crippen LogP contribution is 2.34. The maximum absolute atomic E-state index is 12.9. The van der Waals surface area contributed by atoms with E-state index in [0.717, 1.165) is 41.3 Å². The number of hydrogen-bond donors (Lipinski definition) is 2. The number of carbonyl (C=O) groups is 1. The van der Waals surface area contributed by atoms with Gasteiger partial charge < -0.3 is 25.0 Å². The van der Waals surface area contributed by atoms with Gasteiger partial charge in [-0.3, -0.25) is 9.78 Å². The molecule has 0 aliphatic carbocycles. The minimum atomic E-state index is -0.633. The third kappa shape index (κ3) is 5.62. The van der Waals surface area contributed by atoms with Crippen LogP contribution in [-0.2, 0) is 4.79 Å². The number of nitrogens with zero attached hydrogens (tertiary/aromatic N) is 4. The predicted octanol–water partition coefficient (Wildman–Crippen LogP) is 4.38. The standard InChI is InChI=1S/C28H30N6O3/c1-18-15-21(8-10-24(18)37-22-9-7-19(2)30-16-22)33-27-26-23(31-17-32-27)5-4-6-25(26)36-20(3)28(35)34-13-11-29-12-14-34/h4-10,15-17,20,29H,11-14H2,1-3H3,(H,31,32,33)/t20-/m1/s1. The van der Waals surface area contributed by atoms with Crippen molar-refractivity contribution in [2.24, 2.45) is 0 Å². The molecule has 0 spiro atoms. The smallest absolute Gasteiger partial charge is 0.263 e. The van der Waals surface area contributed by atoms with Crippen LogP contribution in [0, 0.1) is 13.8 Å². The predicted molar refractivity (Wildman–Crippen MR) is 143 cm³/mol. The number of rotatable bonds is 7. The van der Waals surface area contributed by atoms with Crippen LogP contribution in [0.15, 0.2) is 61.1 Å². The van der Waals surface area contributed by atoms with Crippen molar-refractivity contribution in [2.45, 2.75) is 26.9 Å². The van der Waals surface area contributed by atoms with Crippen molar-refractivity contribution in [3.8, 4) is 17.2 Å². The summed E-state index contributed by atoms with van der Waals surface area (Å²) in [4.78, 5) is 28.0. The van der Waals surface area contributed by atoms with Crippen molar-refractivity contribution in [1.82, 2.24) is 25.2 Å². The summed E-state index contributed by atoms with van der Waals surface area (Å²) in [6.07, 6.45) is 2.59. The monoisotopic (exact) mass is 498 g/mol. The van der Waals surface area contributed by atoms with Crippen LogP contribution in [0.1, 0.15) is 18.2 Å². The lowest BCUT2D eigenvalue weighted by Gasteiger charge is -2.30. The molecule has 4 aromatic rings. The zero-order chi connectivity index (χ0) is 25.8. The maximum atomic E-state index is 12.9. The molecule has 5 rings (SSSR count). The van der Waals surface area contributed by atoms with Crippen LogP contribution >= 0.6 is 0 Å². The van der Waals surface area contributed by atoms with Gasteiger partial charge in [-0.2, -0.15) is 0 Å². The van der Waals surface area contributed by atoms with E-state index in [2.05, 4.69) is 25.6 Å². The van der Waals surface area contributed by atoms with Gasteiger partial charge in [-0.15, -0.1) is 0 Å². The molecule has 0 bridgehead atoms. The Bertz CT molecular complexity index is 1400. The zero-order valence-corrected chi connectivity index (χ0v) is 21.2. The van der Waals surface area contributed by atoms with Crippen LogP contribution in [-0.4, -0.2) is 58.0 Å². The normalized spacial score (nSPS) is 14.3. The van der Waals surface area contributed by atoms with Crippen LogP contribution in [0.5, 0.6) is 17.2 Å². The summed E-state index contributed by atoms with van der Waals surface area (Å²) in [7, 11) is 0. The molecule has 0 saturated carbocycles. The van der Waals surface area contributed by atoms with Crippen LogP contribution in [0.4, 0.5) is 11.5 Å². The van der Waals surface area contributed by atoms with Gasteiger partial charge in [0.05, 0.1) is 17.1 Å². The van der Waals surface area contributed by atoms with Crippen molar-refractivity contribution < 1.29 is 14.3 Å². The Hall–Kier alpha value is -4.24. The van der Waals surface area contributed by atoms with E-state index < -0.39 is 6.10 Å².